The van der Waals surface area contributed by atoms with Crippen LogP contribution in [0.2, 0.25) is 0 Å². The van der Waals surface area contributed by atoms with E-state index >= 15 is 0 Å². The highest BCUT2D eigenvalue weighted by Crippen LogP contribution is 2.26. The molecule has 0 radical (unpaired) electrons. The van der Waals surface area contributed by atoms with Crippen LogP contribution in [0.5, 0.6) is 0 Å². The quantitative estimate of drug-likeness (QED) is 0.419. The number of thiophene rings is 1. The van der Waals surface area contributed by atoms with Crippen LogP contribution < -0.4 is 15.8 Å². The van der Waals surface area contributed by atoms with Crippen molar-refractivity contribution in [2.75, 3.05) is 18.5 Å². The van der Waals surface area contributed by atoms with Gasteiger partial charge in [0.2, 0.25) is 0 Å². The van der Waals surface area contributed by atoms with Gasteiger partial charge in [0.25, 0.3) is 11.5 Å². The Bertz CT molecular complexity index is 1190. The minimum Gasteiger partial charge on any atom is -0.481 e. The molecule has 0 saturated carbocycles. The second-order valence-electron chi connectivity index (χ2n) is 6.82. The van der Waals surface area contributed by atoms with Crippen LogP contribution in [0.25, 0.3) is 10.9 Å². The van der Waals surface area contributed by atoms with Crippen molar-refractivity contribution in [3.63, 3.8) is 0 Å². The minimum atomic E-state index is -1.09. The lowest BCUT2D eigenvalue weighted by atomic mass is 10.1. The van der Waals surface area contributed by atoms with E-state index in [0.29, 0.717) is 28.1 Å². The third-order valence-corrected chi connectivity index (χ3v) is 5.40. The number of hydrogen-bond acceptors (Lipinski definition) is 7. The van der Waals surface area contributed by atoms with Gasteiger partial charge in [-0.05, 0) is 36.8 Å². The first-order chi connectivity index (χ1) is 15.1. The van der Waals surface area contributed by atoms with E-state index in [1.54, 1.807) is 26.0 Å². The summed E-state index contributed by atoms with van der Waals surface area (Å²) >= 11 is 1.27. The number of amides is 1. The van der Waals surface area contributed by atoms with Crippen LogP contribution >= 0.6 is 11.3 Å². The summed E-state index contributed by atoms with van der Waals surface area (Å²) in [5.74, 6) is -1.68. The molecule has 3 aromatic rings. The number of carbonyl (C=O) groups is 3. The highest BCUT2D eigenvalue weighted by atomic mass is 32.1. The molecule has 0 atom stereocenters. The van der Waals surface area contributed by atoms with E-state index < -0.39 is 24.4 Å². The van der Waals surface area contributed by atoms with Gasteiger partial charge in [-0.3, -0.25) is 19.2 Å². The Morgan fingerprint density at radius 1 is 1.16 bits per heavy atom. The number of hydrogen-bond donors (Lipinski definition) is 4. The van der Waals surface area contributed by atoms with Crippen molar-refractivity contribution in [1.29, 1.82) is 0 Å². The molecule has 0 fully saturated rings. The molecule has 0 aliphatic carbocycles. The lowest BCUT2D eigenvalue weighted by molar-refractivity contribution is -0.137. The Morgan fingerprint density at radius 3 is 2.47 bits per heavy atom. The number of benzene rings is 1. The standard InChI is InChI=1S/C18H18N4O4S.C3H6O2/c1-10-20-13-4-3-11(7-12(13)17(25)21-10)9-22(2)15-6-5-14(27-15)18(26)19-8-16(23)24;1-2-3(4)5/h3-7H,8-9H2,1-2H3,(H,19,26)(H,23,24)(H,20,21,25);2H2,1H3,(H,4,5). The van der Waals surface area contributed by atoms with E-state index in [0.717, 1.165) is 10.6 Å². The summed E-state index contributed by atoms with van der Waals surface area (Å²) in [5, 5.41) is 20.1. The van der Waals surface area contributed by atoms with E-state index in [1.807, 2.05) is 30.1 Å². The molecular formula is C21H24N4O6S. The number of fused-ring (bicyclic) bond motifs is 1. The van der Waals surface area contributed by atoms with Gasteiger partial charge in [-0.1, -0.05) is 13.0 Å². The molecule has 0 aliphatic rings. The summed E-state index contributed by atoms with van der Waals surface area (Å²) in [6, 6.07) is 9.01. The number of carbonyl (C=O) groups excluding carboxylic acids is 1. The van der Waals surface area contributed by atoms with Crippen molar-refractivity contribution < 1.29 is 24.6 Å². The maximum atomic E-state index is 12.1. The third-order valence-electron chi connectivity index (χ3n) is 4.20. The number of aromatic amines is 1. The fourth-order valence-electron chi connectivity index (χ4n) is 2.65. The Morgan fingerprint density at radius 2 is 1.84 bits per heavy atom. The summed E-state index contributed by atoms with van der Waals surface area (Å²) in [4.78, 5) is 53.3. The molecule has 0 saturated heterocycles. The van der Waals surface area contributed by atoms with Gasteiger partial charge in [-0.25, -0.2) is 4.98 Å². The highest BCUT2D eigenvalue weighted by molar-refractivity contribution is 7.17. The van der Waals surface area contributed by atoms with Crippen molar-refractivity contribution in [3.05, 3.63) is 57.0 Å². The van der Waals surface area contributed by atoms with Crippen LogP contribution in [-0.2, 0) is 16.1 Å². The average molecular weight is 461 g/mol. The van der Waals surface area contributed by atoms with Crippen LogP contribution in [0.3, 0.4) is 0 Å². The number of aromatic nitrogens is 2. The van der Waals surface area contributed by atoms with Crippen molar-refractivity contribution in [3.8, 4) is 0 Å². The van der Waals surface area contributed by atoms with Gasteiger partial charge in [0.05, 0.1) is 20.8 Å². The Hall–Kier alpha value is -3.73. The number of aliphatic carboxylic acids is 2. The monoisotopic (exact) mass is 460 g/mol. The lowest BCUT2D eigenvalue weighted by Gasteiger charge is -2.17. The molecule has 10 nitrogen and oxygen atoms in total. The second kappa shape index (κ2) is 11.0. The number of H-pyrrole nitrogens is 1. The molecule has 11 heteroatoms. The number of carboxylic acid groups (broad SMARTS) is 2. The van der Waals surface area contributed by atoms with Gasteiger partial charge in [-0.2, -0.15) is 0 Å². The summed E-state index contributed by atoms with van der Waals surface area (Å²) < 4.78 is 0. The number of rotatable bonds is 7. The van der Waals surface area contributed by atoms with E-state index in [4.69, 9.17) is 10.2 Å². The maximum absolute atomic E-state index is 12.1. The van der Waals surface area contributed by atoms with E-state index in [-0.39, 0.29) is 12.0 Å². The highest BCUT2D eigenvalue weighted by Gasteiger charge is 2.13. The molecule has 0 aliphatic heterocycles. The number of aryl methyl sites for hydroxylation is 1. The fraction of sp³-hybridized carbons (Fsp3) is 0.286. The van der Waals surface area contributed by atoms with Crippen LogP contribution in [0.1, 0.15) is 34.4 Å². The van der Waals surface area contributed by atoms with Crippen LogP contribution in [0, 0.1) is 6.92 Å². The zero-order valence-corrected chi connectivity index (χ0v) is 18.7. The van der Waals surface area contributed by atoms with Gasteiger partial charge in [-0.15, -0.1) is 11.3 Å². The molecule has 4 N–H and O–H groups in total. The smallest absolute Gasteiger partial charge is 0.322 e. The fourth-order valence-corrected chi connectivity index (χ4v) is 3.53. The summed E-state index contributed by atoms with van der Waals surface area (Å²) in [6.45, 7) is 3.47. The number of nitrogens with zero attached hydrogens (tertiary/aromatic N) is 2. The van der Waals surface area contributed by atoms with Crippen LogP contribution in [-0.4, -0.2) is 51.6 Å². The van der Waals surface area contributed by atoms with Gasteiger partial charge in [0.1, 0.15) is 12.4 Å². The molecular weight excluding hydrogens is 436 g/mol. The predicted octanol–water partition coefficient (Wildman–Crippen LogP) is 2.22. The third kappa shape index (κ3) is 6.91. The zero-order chi connectivity index (χ0) is 23.8. The first-order valence-corrected chi connectivity index (χ1v) is 10.4. The van der Waals surface area contributed by atoms with Crippen molar-refractivity contribution in [1.82, 2.24) is 15.3 Å². The van der Waals surface area contributed by atoms with Crippen LogP contribution in [0.15, 0.2) is 35.1 Å². The first kappa shape index (κ1) is 24.5. The number of nitrogens with one attached hydrogen (secondary N) is 2. The largest absolute Gasteiger partial charge is 0.481 e. The summed E-state index contributed by atoms with van der Waals surface area (Å²) in [5.41, 5.74) is 1.41. The Balaban J connectivity index is 0.000000654. The molecule has 3 rings (SSSR count). The van der Waals surface area contributed by atoms with Crippen LogP contribution in [0.4, 0.5) is 5.00 Å². The molecule has 2 heterocycles. The van der Waals surface area contributed by atoms with Crippen molar-refractivity contribution in [2.24, 2.45) is 0 Å². The Labute approximate surface area is 187 Å². The Kier molecular flexibility index (Phi) is 8.47. The molecule has 1 amide bonds. The topological polar surface area (TPSA) is 153 Å². The van der Waals surface area contributed by atoms with Crippen molar-refractivity contribution >= 4 is 45.1 Å². The molecule has 0 unspecified atom stereocenters. The lowest BCUT2D eigenvalue weighted by Crippen LogP contribution is -2.28. The van der Waals surface area contributed by atoms with E-state index in [1.165, 1.54) is 11.3 Å². The average Bonchev–Trinajstić information content (AvgIpc) is 3.23. The SMILES string of the molecule is CCC(=O)O.Cc1nc2ccc(CN(C)c3ccc(C(=O)NCC(=O)O)s3)cc2c(=O)[nH]1. The zero-order valence-electron chi connectivity index (χ0n) is 17.8. The predicted molar refractivity (Wildman–Crippen MR) is 121 cm³/mol. The maximum Gasteiger partial charge on any atom is 0.322 e. The molecule has 0 spiro atoms. The van der Waals surface area contributed by atoms with Gasteiger partial charge >= 0.3 is 11.9 Å². The van der Waals surface area contributed by atoms with Gasteiger partial charge < -0.3 is 25.4 Å². The van der Waals surface area contributed by atoms with Gasteiger partial charge in [0, 0.05) is 20.0 Å². The normalized spacial score (nSPS) is 10.2. The summed E-state index contributed by atoms with van der Waals surface area (Å²) in [6.07, 6.45) is 0.222. The van der Waals surface area contributed by atoms with Crippen molar-refractivity contribution in [2.45, 2.75) is 26.8 Å². The molecule has 1 aromatic carbocycles. The molecule has 0 bridgehead atoms. The molecule has 32 heavy (non-hydrogen) atoms. The molecule has 2 aromatic heterocycles. The summed E-state index contributed by atoms with van der Waals surface area (Å²) in [7, 11) is 1.88. The second-order valence-corrected chi connectivity index (χ2v) is 7.88. The minimum absolute atomic E-state index is 0.171. The first-order valence-electron chi connectivity index (χ1n) is 9.63. The van der Waals surface area contributed by atoms with E-state index in [2.05, 4.69) is 15.3 Å². The number of carboxylic acids is 2. The van der Waals surface area contributed by atoms with E-state index in [9.17, 15) is 19.2 Å². The van der Waals surface area contributed by atoms with Gasteiger partial charge in [0.15, 0.2) is 0 Å². The molecule has 170 valence electrons. The number of anilines is 1.